The average molecular weight is 286 g/mol. The van der Waals surface area contributed by atoms with Gasteiger partial charge in [-0.05, 0) is 37.9 Å². The second-order valence-corrected chi connectivity index (χ2v) is 9.18. The van der Waals surface area contributed by atoms with Gasteiger partial charge in [-0.15, -0.1) is 0 Å². The van der Waals surface area contributed by atoms with Crippen LogP contribution in [0.3, 0.4) is 0 Å². The zero-order valence-corrected chi connectivity index (χ0v) is 14.3. The van der Waals surface area contributed by atoms with Gasteiger partial charge in [0.1, 0.15) is 0 Å². The van der Waals surface area contributed by atoms with Crippen molar-refractivity contribution in [2.75, 3.05) is 19.8 Å². The van der Waals surface area contributed by atoms with E-state index in [9.17, 15) is 0 Å². The molecule has 0 unspecified atom stereocenters. The maximum absolute atomic E-state index is 6.13. The fourth-order valence-corrected chi connectivity index (χ4v) is 4.61. The first kappa shape index (κ1) is 18.7. The molecular weight excluding hydrogens is 256 g/mol. The highest BCUT2D eigenvalue weighted by molar-refractivity contribution is 6.73. The van der Waals surface area contributed by atoms with Crippen LogP contribution >= 0.6 is 0 Å². The largest absolute Gasteiger partial charge is 0.416 e. The van der Waals surface area contributed by atoms with Gasteiger partial charge in [0, 0.05) is 26.2 Å². The molecule has 112 valence electrons. The van der Waals surface area contributed by atoms with Crippen molar-refractivity contribution in [3.05, 3.63) is 0 Å². The van der Waals surface area contributed by atoms with Crippen LogP contribution in [0.2, 0.25) is 18.1 Å². The molecule has 0 rings (SSSR count). The number of hydrogen-bond donors (Lipinski definition) is 0. The quantitative estimate of drug-likeness (QED) is 0.265. The zero-order valence-electron chi connectivity index (χ0n) is 13.3. The summed E-state index contributed by atoms with van der Waals surface area (Å²) in [7, 11) is -1.46. The van der Waals surface area contributed by atoms with Gasteiger partial charge in [-0.1, -0.05) is 26.7 Å². The number of hydrogen-bond acceptors (Lipinski definition) is 3. The molecule has 0 aromatic heterocycles. The number of rotatable bonds is 10. The lowest BCUT2D eigenvalue weighted by Gasteiger charge is -2.27. The smallest absolute Gasteiger partial charge is 0.222 e. The van der Waals surface area contributed by atoms with Gasteiger partial charge >= 0.3 is 0 Å². The first-order valence-corrected chi connectivity index (χ1v) is 10.1. The Bertz CT molecular complexity index is 252. The second kappa shape index (κ2) is 11.5. The monoisotopic (exact) mass is 286 g/mol. The maximum atomic E-state index is 6.13. The van der Waals surface area contributed by atoms with Crippen molar-refractivity contribution in [1.29, 1.82) is 0 Å². The minimum absolute atomic E-state index is 0.388. The van der Waals surface area contributed by atoms with Crippen LogP contribution in [0.1, 0.15) is 41.0 Å². The van der Waals surface area contributed by atoms with Crippen molar-refractivity contribution in [2.45, 2.75) is 65.5 Å². The molecule has 0 fully saturated rings. The van der Waals surface area contributed by atoms with E-state index in [0.717, 1.165) is 13.0 Å². The summed E-state index contributed by atoms with van der Waals surface area (Å²) in [5.74, 6) is 6.10. The molecule has 0 aromatic carbocycles. The Balaban J connectivity index is 4.07. The standard InChI is InChI=1S/C15H30O3Si/c1-6-16-15(17-7-2)13-11-12-14-18-19(8-3,9-4)10-5/h15H,6-10,12,14H2,1-5H3. The van der Waals surface area contributed by atoms with E-state index in [0.29, 0.717) is 13.2 Å². The molecule has 0 aliphatic carbocycles. The van der Waals surface area contributed by atoms with Gasteiger partial charge in [0.2, 0.25) is 6.29 Å². The highest BCUT2D eigenvalue weighted by Crippen LogP contribution is 2.21. The zero-order chi connectivity index (χ0) is 14.6. The summed E-state index contributed by atoms with van der Waals surface area (Å²) in [4.78, 5) is 0. The Morgan fingerprint density at radius 2 is 1.42 bits per heavy atom. The second-order valence-electron chi connectivity index (χ2n) is 4.41. The molecule has 0 atom stereocenters. The third kappa shape index (κ3) is 7.73. The van der Waals surface area contributed by atoms with E-state index in [2.05, 4.69) is 32.6 Å². The van der Waals surface area contributed by atoms with E-state index in [-0.39, 0.29) is 6.29 Å². The molecule has 4 heteroatoms. The van der Waals surface area contributed by atoms with E-state index >= 15 is 0 Å². The summed E-state index contributed by atoms with van der Waals surface area (Å²) in [5.41, 5.74) is 0. The van der Waals surface area contributed by atoms with E-state index in [1.165, 1.54) is 18.1 Å². The highest BCUT2D eigenvalue weighted by Gasteiger charge is 2.27. The van der Waals surface area contributed by atoms with Gasteiger partial charge in [-0.3, -0.25) is 0 Å². The molecule has 0 heterocycles. The lowest BCUT2D eigenvalue weighted by atomic mass is 10.4. The van der Waals surface area contributed by atoms with Crippen LogP contribution in [-0.2, 0) is 13.9 Å². The van der Waals surface area contributed by atoms with Gasteiger partial charge in [-0.2, -0.15) is 0 Å². The van der Waals surface area contributed by atoms with E-state index in [4.69, 9.17) is 13.9 Å². The molecule has 0 amide bonds. The predicted octanol–water partition coefficient (Wildman–Crippen LogP) is 3.80. The lowest BCUT2D eigenvalue weighted by Crippen LogP contribution is -2.35. The fraction of sp³-hybridized carbons (Fsp3) is 0.867. The molecule has 0 aromatic rings. The summed E-state index contributed by atoms with van der Waals surface area (Å²) in [6, 6.07) is 3.57. The maximum Gasteiger partial charge on any atom is 0.222 e. The topological polar surface area (TPSA) is 27.7 Å². The third-order valence-electron chi connectivity index (χ3n) is 3.42. The van der Waals surface area contributed by atoms with Crippen molar-refractivity contribution in [1.82, 2.24) is 0 Å². The van der Waals surface area contributed by atoms with E-state index < -0.39 is 8.32 Å². The minimum atomic E-state index is -1.46. The summed E-state index contributed by atoms with van der Waals surface area (Å²) >= 11 is 0. The summed E-state index contributed by atoms with van der Waals surface area (Å²) in [6.07, 6.45) is 0.367. The van der Waals surface area contributed by atoms with Gasteiger partial charge in [-0.25, -0.2) is 0 Å². The van der Waals surface area contributed by atoms with E-state index in [1.807, 2.05) is 13.8 Å². The Labute approximate surface area is 120 Å². The SMILES string of the molecule is CCOC(C#CCCO[Si](CC)(CC)CC)OCC. The van der Waals surface area contributed by atoms with Crippen molar-refractivity contribution in [3.8, 4) is 11.8 Å². The van der Waals surface area contributed by atoms with Crippen LogP contribution in [0.15, 0.2) is 0 Å². The minimum Gasteiger partial charge on any atom is -0.416 e. The molecular formula is C15H30O3Si. The molecule has 0 bridgehead atoms. The molecule has 19 heavy (non-hydrogen) atoms. The molecule has 0 spiro atoms. The van der Waals surface area contributed by atoms with Crippen LogP contribution in [0.5, 0.6) is 0 Å². The predicted molar refractivity (Wildman–Crippen MR) is 82.6 cm³/mol. The molecule has 3 nitrogen and oxygen atoms in total. The molecule has 0 aliphatic heterocycles. The lowest BCUT2D eigenvalue weighted by molar-refractivity contribution is -0.0970. The Kier molecular flexibility index (Phi) is 11.3. The van der Waals surface area contributed by atoms with Gasteiger partial charge < -0.3 is 13.9 Å². The van der Waals surface area contributed by atoms with Crippen LogP contribution in [0.25, 0.3) is 0 Å². The summed E-state index contributed by atoms with van der Waals surface area (Å²) < 4.78 is 16.9. The summed E-state index contributed by atoms with van der Waals surface area (Å²) in [5, 5.41) is 0. The Morgan fingerprint density at radius 1 is 0.895 bits per heavy atom. The molecule has 0 saturated heterocycles. The van der Waals surface area contributed by atoms with Crippen LogP contribution in [0, 0.1) is 11.8 Å². The normalized spacial score (nSPS) is 11.5. The summed E-state index contributed by atoms with van der Waals surface area (Å²) in [6.45, 7) is 12.6. The van der Waals surface area contributed by atoms with Crippen LogP contribution in [0.4, 0.5) is 0 Å². The van der Waals surface area contributed by atoms with Crippen LogP contribution in [-0.4, -0.2) is 34.4 Å². The van der Waals surface area contributed by atoms with Gasteiger partial charge in [0.05, 0.1) is 0 Å². The Morgan fingerprint density at radius 3 is 1.84 bits per heavy atom. The molecule has 0 radical (unpaired) electrons. The fourth-order valence-electron chi connectivity index (χ4n) is 1.96. The first-order valence-electron chi connectivity index (χ1n) is 7.53. The van der Waals surface area contributed by atoms with Crippen molar-refractivity contribution < 1.29 is 13.9 Å². The molecule has 0 aliphatic rings. The first-order chi connectivity index (χ1) is 9.17. The third-order valence-corrected chi connectivity index (χ3v) is 8.11. The highest BCUT2D eigenvalue weighted by atomic mass is 28.4. The molecule has 0 saturated carbocycles. The van der Waals surface area contributed by atoms with Gasteiger partial charge in [0.25, 0.3) is 0 Å². The molecule has 0 N–H and O–H groups in total. The van der Waals surface area contributed by atoms with Gasteiger partial charge in [0.15, 0.2) is 8.32 Å². The van der Waals surface area contributed by atoms with Crippen molar-refractivity contribution in [2.24, 2.45) is 0 Å². The van der Waals surface area contributed by atoms with Crippen molar-refractivity contribution in [3.63, 3.8) is 0 Å². The van der Waals surface area contributed by atoms with Crippen LogP contribution < -0.4 is 0 Å². The van der Waals surface area contributed by atoms with Crippen molar-refractivity contribution >= 4 is 8.32 Å². The number of ether oxygens (including phenoxy) is 2. The Hall–Kier alpha value is -0.343. The van der Waals surface area contributed by atoms with E-state index in [1.54, 1.807) is 0 Å². The average Bonchev–Trinajstić information content (AvgIpc) is 2.44.